The van der Waals surface area contributed by atoms with E-state index in [-0.39, 0.29) is 5.91 Å². The van der Waals surface area contributed by atoms with Gasteiger partial charge in [0.1, 0.15) is 0 Å². The Hall–Kier alpha value is -1.35. The van der Waals surface area contributed by atoms with E-state index < -0.39 is 0 Å². The molecule has 1 atom stereocenters. The van der Waals surface area contributed by atoms with E-state index in [2.05, 4.69) is 28.1 Å². The molecule has 0 spiro atoms. The predicted octanol–water partition coefficient (Wildman–Crippen LogP) is 4.23. The summed E-state index contributed by atoms with van der Waals surface area (Å²) in [6.45, 7) is 0.873. The molecule has 104 valence electrons. The maximum atomic E-state index is 12.9. The first-order chi connectivity index (χ1) is 9.81. The second-order valence-electron chi connectivity index (χ2n) is 5.33. The van der Waals surface area contributed by atoms with Crippen LogP contribution in [0.5, 0.6) is 0 Å². The van der Waals surface area contributed by atoms with E-state index in [4.69, 9.17) is 0 Å². The zero-order chi connectivity index (χ0) is 13.9. The molecule has 0 saturated carbocycles. The lowest BCUT2D eigenvalue weighted by molar-refractivity contribution is 0.0644. The lowest BCUT2D eigenvalue weighted by Gasteiger charge is -2.35. The van der Waals surface area contributed by atoms with E-state index >= 15 is 0 Å². The molecule has 1 saturated heterocycles. The number of rotatable bonds is 2. The Kier molecular flexibility index (Phi) is 4.06. The maximum absolute atomic E-state index is 12.9. The van der Waals surface area contributed by atoms with Crippen molar-refractivity contribution in [3.8, 4) is 0 Å². The van der Waals surface area contributed by atoms with Crippen LogP contribution in [-0.2, 0) is 0 Å². The van der Waals surface area contributed by atoms with Crippen molar-refractivity contribution in [2.75, 3.05) is 11.9 Å². The van der Waals surface area contributed by atoms with Crippen LogP contribution >= 0.6 is 15.9 Å². The minimum Gasteiger partial charge on any atom is -0.335 e. The van der Waals surface area contributed by atoms with Crippen molar-refractivity contribution in [1.29, 1.82) is 0 Å². The number of likely N-dealkylation sites (tertiary alicyclic amines) is 1. The molecule has 3 rings (SSSR count). The van der Waals surface area contributed by atoms with Crippen molar-refractivity contribution in [1.82, 2.24) is 4.90 Å². The molecule has 1 heterocycles. The Labute approximate surface area is 127 Å². The molecular formula is C17H18BrNO. The van der Waals surface area contributed by atoms with Crippen LogP contribution in [0.1, 0.15) is 29.6 Å². The number of carbonyl (C=O) groups excluding carboxylic acids is 1. The highest BCUT2D eigenvalue weighted by molar-refractivity contribution is 9.09. The highest BCUT2D eigenvalue weighted by Gasteiger charge is 2.27. The van der Waals surface area contributed by atoms with Crippen LogP contribution in [0, 0.1) is 0 Å². The third kappa shape index (κ3) is 2.47. The van der Waals surface area contributed by atoms with E-state index in [1.807, 2.05) is 35.2 Å². The summed E-state index contributed by atoms with van der Waals surface area (Å²) in [4.78, 5) is 14.9. The molecule has 1 amide bonds. The van der Waals surface area contributed by atoms with Gasteiger partial charge < -0.3 is 4.90 Å². The molecular weight excluding hydrogens is 314 g/mol. The van der Waals surface area contributed by atoms with Crippen LogP contribution in [0.2, 0.25) is 0 Å². The van der Waals surface area contributed by atoms with E-state index in [1.165, 1.54) is 6.42 Å². The van der Waals surface area contributed by atoms with Crippen LogP contribution in [0.15, 0.2) is 42.5 Å². The van der Waals surface area contributed by atoms with Crippen LogP contribution in [-0.4, -0.2) is 28.7 Å². The Morgan fingerprint density at radius 3 is 2.80 bits per heavy atom. The summed E-state index contributed by atoms with van der Waals surface area (Å²) < 4.78 is 0. The number of nitrogens with zero attached hydrogens (tertiary/aromatic N) is 1. The van der Waals surface area contributed by atoms with Crippen molar-refractivity contribution in [2.24, 2.45) is 0 Å². The number of hydrogen-bond acceptors (Lipinski definition) is 1. The largest absolute Gasteiger partial charge is 0.335 e. The first-order valence-corrected chi connectivity index (χ1v) is 8.28. The van der Waals surface area contributed by atoms with Crippen LogP contribution in [0.3, 0.4) is 0 Å². The topological polar surface area (TPSA) is 20.3 Å². The number of hydrogen-bond donors (Lipinski definition) is 0. The average Bonchev–Trinajstić information content (AvgIpc) is 2.53. The first kappa shape index (κ1) is 13.6. The van der Waals surface area contributed by atoms with Gasteiger partial charge in [0.25, 0.3) is 5.91 Å². The maximum Gasteiger partial charge on any atom is 0.254 e. The lowest BCUT2D eigenvalue weighted by atomic mass is 9.99. The molecule has 0 radical (unpaired) electrons. The average molecular weight is 332 g/mol. The summed E-state index contributed by atoms with van der Waals surface area (Å²) >= 11 is 3.55. The minimum absolute atomic E-state index is 0.172. The number of benzene rings is 2. The molecule has 1 unspecified atom stereocenters. The Morgan fingerprint density at radius 1 is 1.15 bits per heavy atom. The summed E-state index contributed by atoms with van der Waals surface area (Å²) in [6.07, 6.45) is 3.43. The molecule has 1 aliphatic rings. The van der Waals surface area contributed by atoms with Gasteiger partial charge in [0.15, 0.2) is 0 Å². The summed E-state index contributed by atoms with van der Waals surface area (Å²) in [5.41, 5.74) is 0.830. The Morgan fingerprint density at radius 2 is 1.95 bits per heavy atom. The van der Waals surface area contributed by atoms with Gasteiger partial charge in [-0.25, -0.2) is 0 Å². The normalized spacial score (nSPS) is 19.2. The van der Waals surface area contributed by atoms with Crippen LogP contribution in [0.25, 0.3) is 10.8 Å². The molecule has 2 nitrogen and oxygen atoms in total. The van der Waals surface area contributed by atoms with Crippen molar-refractivity contribution >= 4 is 32.6 Å². The number of amides is 1. The van der Waals surface area contributed by atoms with Crippen molar-refractivity contribution in [3.05, 3.63) is 48.0 Å². The van der Waals surface area contributed by atoms with Crippen molar-refractivity contribution < 1.29 is 4.79 Å². The van der Waals surface area contributed by atoms with Crippen molar-refractivity contribution in [2.45, 2.75) is 25.3 Å². The van der Waals surface area contributed by atoms with Gasteiger partial charge in [-0.1, -0.05) is 52.3 Å². The monoisotopic (exact) mass is 331 g/mol. The Balaban J connectivity index is 1.99. The predicted molar refractivity (Wildman–Crippen MR) is 86.4 cm³/mol. The highest BCUT2D eigenvalue weighted by Crippen LogP contribution is 2.25. The number of fused-ring (bicyclic) bond motifs is 1. The smallest absolute Gasteiger partial charge is 0.254 e. The molecule has 1 fully saturated rings. The van der Waals surface area contributed by atoms with E-state index in [9.17, 15) is 4.79 Å². The van der Waals surface area contributed by atoms with Gasteiger partial charge in [-0.2, -0.15) is 0 Å². The molecule has 0 aromatic heterocycles. The second-order valence-corrected chi connectivity index (χ2v) is 5.98. The number of carbonyl (C=O) groups is 1. The molecule has 1 aliphatic heterocycles. The van der Waals surface area contributed by atoms with Gasteiger partial charge in [-0.05, 0) is 36.1 Å². The molecule has 3 heteroatoms. The fraction of sp³-hybridized carbons (Fsp3) is 0.353. The summed E-state index contributed by atoms with van der Waals surface area (Å²) in [5.74, 6) is 0.172. The molecule has 2 aromatic carbocycles. The summed E-state index contributed by atoms with van der Waals surface area (Å²) in [6, 6.07) is 14.4. The third-order valence-electron chi connectivity index (χ3n) is 4.09. The van der Waals surface area contributed by atoms with Gasteiger partial charge >= 0.3 is 0 Å². The van der Waals surface area contributed by atoms with Gasteiger partial charge in [0.2, 0.25) is 0 Å². The standard InChI is InChI=1S/C17H18BrNO/c18-12-14-8-3-4-11-19(14)17(20)16-10-5-7-13-6-1-2-9-15(13)16/h1-2,5-7,9-10,14H,3-4,8,11-12H2. The van der Waals surface area contributed by atoms with Gasteiger partial charge in [0.05, 0.1) is 0 Å². The number of halogens is 1. The van der Waals surface area contributed by atoms with E-state index in [0.29, 0.717) is 6.04 Å². The summed E-state index contributed by atoms with van der Waals surface area (Å²) in [7, 11) is 0. The minimum atomic E-state index is 0.172. The lowest BCUT2D eigenvalue weighted by Crippen LogP contribution is -2.44. The van der Waals surface area contributed by atoms with Crippen LogP contribution in [0.4, 0.5) is 0 Å². The zero-order valence-electron chi connectivity index (χ0n) is 11.4. The fourth-order valence-electron chi connectivity index (χ4n) is 2.99. The SMILES string of the molecule is O=C(c1cccc2ccccc12)N1CCCCC1CBr. The third-order valence-corrected chi connectivity index (χ3v) is 4.83. The molecule has 0 bridgehead atoms. The first-order valence-electron chi connectivity index (χ1n) is 7.16. The van der Waals surface area contributed by atoms with Crippen LogP contribution < -0.4 is 0 Å². The summed E-state index contributed by atoms with van der Waals surface area (Å²) in [5, 5.41) is 3.05. The Bertz CT molecular complexity index is 620. The molecule has 2 aromatic rings. The number of alkyl halides is 1. The fourth-order valence-corrected chi connectivity index (χ4v) is 3.67. The van der Waals surface area contributed by atoms with Gasteiger partial charge in [-0.3, -0.25) is 4.79 Å². The molecule has 0 aliphatic carbocycles. The quantitative estimate of drug-likeness (QED) is 0.754. The molecule has 0 N–H and O–H groups in total. The van der Waals surface area contributed by atoms with Gasteiger partial charge in [-0.15, -0.1) is 0 Å². The van der Waals surface area contributed by atoms with E-state index in [0.717, 1.165) is 41.1 Å². The van der Waals surface area contributed by atoms with Crippen molar-refractivity contribution in [3.63, 3.8) is 0 Å². The number of piperidine rings is 1. The van der Waals surface area contributed by atoms with E-state index in [1.54, 1.807) is 0 Å². The zero-order valence-corrected chi connectivity index (χ0v) is 13.0. The second kappa shape index (κ2) is 5.96. The highest BCUT2D eigenvalue weighted by atomic mass is 79.9. The molecule has 20 heavy (non-hydrogen) atoms. The van der Waals surface area contributed by atoms with Gasteiger partial charge in [0, 0.05) is 23.5 Å².